The molecule has 6 rings (SSSR count). The van der Waals surface area contributed by atoms with E-state index in [1.165, 1.54) is 23.1 Å². The summed E-state index contributed by atoms with van der Waals surface area (Å²) in [5.41, 5.74) is 5.76. The SMILES string of the molecule is Cc1cc(C(=O)CSc2nc3scc(-c4ccc(Cl)cc4)c3c(=O)n2-c2ccccc2)c(C)n1-c1ccc(Br)cc1. The fraction of sp³-hybridized carbons (Fsp3) is 0.0938. The molecule has 41 heavy (non-hydrogen) atoms. The number of benzene rings is 3. The summed E-state index contributed by atoms with van der Waals surface area (Å²) < 4.78 is 4.69. The second-order valence-corrected chi connectivity index (χ2v) is 12.7. The summed E-state index contributed by atoms with van der Waals surface area (Å²) in [6, 6.07) is 26.8. The number of hydrogen-bond donors (Lipinski definition) is 0. The number of carbonyl (C=O) groups is 1. The van der Waals surface area contributed by atoms with Gasteiger partial charge in [0.1, 0.15) is 4.83 Å². The van der Waals surface area contributed by atoms with E-state index in [2.05, 4.69) is 20.5 Å². The lowest BCUT2D eigenvalue weighted by atomic mass is 10.1. The third-order valence-corrected chi connectivity index (χ3v) is 9.49. The minimum Gasteiger partial charge on any atom is -0.318 e. The number of thiophene rings is 1. The number of nitrogens with zero attached hydrogens (tertiary/aromatic N) is 3. The Hall–Kier alpha value is -3.43. The van der Waals surface area contributed by atoms with Crippen LogP contribution in [-0.2, 0) is 0 Å². The van der Waals surface area contributed by atoms with Gasteiger partial charge in [0.15, 0.2) is 10.9 Å². The van der Waals surface area contributed by atoms with Gasteiger partial charge < -0.3 is 4.57 Å². The second-order valence-electron chi connectivity index (χ2n) is 9.52. The van der Waals surface area contributed by atoms with Gasteiger partial charge in [0, 0.05) is 43.1 Å². The lowest BCUT2D eigenvalue weighted by molar-refractivity contribution is 0.102. The van der Waals surface area contributed by atoms with Gasteiger partial charge in [-0.2, -0.15) is 0 Å². The molecule has 0 saturated heterocycles. The van der Waals surface area contributed by atoms with Gasteiger partial charge in [-0.05, 0) is 74.0 Å². The topological polar surface area (TPSA) is 56.9 Å². The van der Waals surface area contributed by atoms with Crippen molar-refractivity contribution in [2.24, 2.45) is 0 Å². The van der Waals surface area contributed by atoms with Gasteiger partial charge in [-0.1, -0.05) is 69.6 Å². The van der Waals surface area contributed by atoms with E-state index in [1.54, 1.807) is 4.57 Å². The molecule has 3 aromatic carbocycles. The summed E-state index contributed by atoms with van der Waals surface area (Å²) in [4.78, 5) is 33.1. The Morgan fingerprint density at radius 2 is 1.63 bits per heavy atom. The molecule has 6 aromatic rings. The Kier molecular flexibility index (Phi) is 7.74. The third-order valence-electron chi connectivity index (χ3n) is 6.90. The first kappa shape index (κ1) is 27.7. The number of rotatable bonds is 7. The normalized spacial score (nSPS) is 11.3. The van der Waals surface area contributed by atoms with Gasteiger partial charge >= 0.3 is 0 Å². The maximum atomic E-state index is 14.1. The van der Waals surface area contributed by atoms with E-state index in [-0.39, 0.29) is 17.1 Å². The number of Topliss-reactive ketones (excluding diaryl/α,β-unsaturated/α-hetero) is 1. The number of fused-ring (bicyclic) bond motifs is 1. The van der Waals surface area contributed by atoms with Crippen LogP contribution in [0.2, 0.25) is 5.02 Å². The number of ketones is 1. The molecule has 0 amide bonds. The van der Waals surface area contributed by atoms with Crippen LogP contribution in [0.3, 0.4) is 0 Å². The molecule has 3 heterocycles. The van der Waals surface area contributed by atoms with E-state index in [0.29, 0.717) is 31.6 Å². The molecule has 0 unspecified atom stereocenters. The van der Waals surface area contributed by atoms with Crippen molar-refractivity contribution in [1.29, 1.82) is 0 Å². The van der Waals surface area contributed by atoms with Gasteiger partial charge in [-0.15, -0.1) is 11.3 Å². The molecule has 0 saturated carbocycles. The number of thioether (sulfide) groups is 1. The number of para-hydroxylation sites is 1. The minimum absolute atomic E-state index is 0.0200. The number of carbonyl (C=O) groups excluding carboxylic acids is 1. The Morgan fingerprint density at radius 3 is 2.34 bits per heavy atom. The van der Waals surface area contributed by atoms with E-state index < -0.39 is 0 Å². The summed E-state index contributed by atoms with van der Waals surface area (Å²) >= 11 is 12.3. The van der Waals surface area contributed by atoms with Gasteiger partial charge in [-0.3, -0.25) is 14.2 Å². The smallest absolute Gasteiger partial charge is 0.268 e. The number of aryl methyl sites for hydroxylation is 1. The molecule has 0 N–H and O–H groups in total. The highest BCUT2D eigenvalue weighted by molar-refractivity contribution is 9.10. The van der Waals surface area contributed by atoms with Gasteiger partial charge in [0.05, 0.1) is 16.8 Å². The van der Waals surface area contributed by atoms with Crippen molar-refractivity contribution < 1.29 is 4.79 Å². The first-order valence-corrected chi connectivity index (χ1v) is 15.8. The summed E-state index contributed by atoms with van der Waals surface area (Å²) in [6.07, 6.45) is 0. The molecule has 0 aliphatic carbocycles. The Bertz CT molecular complexity index is 1960. The Labute approximate surface area is 258 Å². The average Bonchev–Trinajstić information content (AvgIpc) is 3.53. The van der Waals surface area contributed by atoms with Gasteiger partial charge in [-0.25, -0.2) is 4.98 Å². The fourth-order valence-corrected chi connectivity index (χ4v) is 7.23. The molecular weight excluding hydrogens is 638 g/mol. The van der Waals surface area contributed by atoms with Crippen LogP contribution in [0.1, 0.15) is 21.7 Å². The van der Waals surface area contributed by atoms with Crippen LogP contribution >= 0.6 is 50.6 Å². The Morgan fingerprint density at radius 1 is 0.951 bits per heavy atom. The second kappa shape index (κ2) is 11.4. The lowest BCUT2D eigenvalue weighted by Crippen LogP contribution is -2.22. The van der Waals surface area contributed by atoms with Crippen LogP contribution in [0.5, 0.6) is 0 Å². The van der Waals surface area contributed by atoms with E-state index in [0.717, 1.165) is 32.7 Å². The van der Waals surface area contributed by atoms with Crippen molar-refractivity contribution in [3.8, 4) is 22.5 Å². The predicted molar refractivity (Wildman–Crippen MR) is 174 cm³/mol. The zero-order chi connectivity index (χ0) is 28.7. The summed E-state index contributed by atoms with van der Waals surface area (Å²) in [7, 11) is 0. The van der Waals surface area contributed by atoms with Crippen LogP contribution in [-0.4, -0.2) is 25.7 Å². The van der Waals surface area contributed by atoms with Crippen LogP contribution in [0.15, 0.2) is 105 Å². The molecule has 0 fully saturated rings. The number of halogens is 2. The zero-order valence-corrected chi connectivity index (χ0v) is 26.1. The predicted octanol–water partition coefficient (Wildman–Crippen LogP) is 8.91. The Balaban J connectivity index is 1.38. The molecule has 0 atom stereocenters. The van der Waals surface area contributed by atoms with Crippen molar-refractivity contribution >= 4 is 66.6 Å². The highest BCUT2D eigenvalue weighted by Gasteiger charge is 2.21. The lowest BCUT2D eigenvalue weighted by Gasteiger charge is -2.13. The van der Waals surface area contributed by atoms with E-state index in [9.17, 15) is 9.59 Å². The van der Waals surface area contributed by atoms with E-state index in [4.69, 9.17) is 16.6 Å². The fourth-order valence-electron chi connectivity index (χ4n) is 4.96. The summed E-state index contributed by atoms with van der Waals surface area (Å²) in [5, 5.41) is 3.62. The van der Waals surface area contributed by atoms with Crippen molar-refractivity contribution in [2.75, 3.05) is 5.75 Å². The van der Waals surface area contributed by atoms with Crippen LogP contribution in [0.4, 0.5) is 0 Å². The molecule has 0 radical (unpaired) electrons. The molecule has 0 bridgehead atoms. The molecule has 9 heteroatoms. The van der Waals surface area contributed by atoms with Crippen molar-refractivity contribution in [1.82, 2.24) is 14.1 Å². The van der Waals surface area contributed by atoms with Crippen LogP contribution in [0, 0.1) is 13.8 Å². The monoisotopic (exact) mass is 659 g/mol. The molecule has 5 nitrogen and oxygen atoms in total. The standard InChI is InChI=1S/C32H23BrClN3O2S2/c1-19-16-26(20(2)36(19)25-14-10-22(33)11-15-25)28(38)18-41-32-35-30-29(31(39)37(32)24-6-4-3-5-7-24)27(17-40-30)21-8-12-23(34)13-9-21/h3-17H,18H2,1-2H3. The molecule has 204 valence electrons. The molecule has 0 aliphatic rings. The molecule has 3 aromatic heterocycles. The number of hydrogen-bond acceptors (Lipinski definition) is 5. The average molecular weight is 661 g/mol. The van der Waals surface area contributed by atoms with Gasteiger partial charge in [0.2, 0.25) is 0 Å². The first-order valence-electron chi connectivity index (χ1n) is 12.8. The summed E-state index contributed by atoms with van der Waals surface area (Å²) in [6.45, 7) is 3.96. The third kappa shape index (κ3) is 5.33. The quantitative estimate of drug-likeness (QED) is 0.0975. The molecular formula is C32H23BrClN3O2S2. The maximum Gasteiger partial charge on any atom is 0.268 e. The zero-order valence-electron chi connectivity index (χ0n) is 22.1. The largest absolute Gasteiger partial charge is 0.318 e. The van der Waals surface area contributed by atoms with E-state index >= 15 is 0 Å². The highest BCUT2D eigenvalue weighted by Crippen LogP contribution is 2.34. The van der Waals surface area contributed by atoms with Crippen LogP contribution in [0.25, 0.3) is 32.7 Å². The minimum atomic E-state index is -0.171. The van der Waals surface area contributed by atoms with Gasteiger partial charge in [0.25, 0.3) is 5.56 Å². The van der Waals surface area contributed by atoms with E-state index in [1.807, 2.05) is 104 Å². The highest BCUT2D eigenvalue weighted by atomic mass is 79.9. The van der Waals surface area contributed by atoms with Crippen molar-refractivity contribution in [3.63, 3.8) is 0 Å². The molecule has 0 aliphatic heterocycles. The van der Waals surface area contributed by atoms with Crippen molar-refractivity contribution in [2.45, 2.75) is 19.0 Å². The number of aromatic nitrogens is 3. The summed E-state index contributed by atoms with van der Waals surface area (Å²) in [5.74, 6) is 0.124. The molecule has 0 spiro atoms. The maximum absolute atomic E-state index is 14.1. The first-order chi connectivity index (χ1) is 19.8. The van der Waals surface area contributed by atoms with Crippen LogP contribution < -0.4 is 5.56 Å². The van der Waals surface area contributed by atoms with Crippen molar-refractivity contribution in [3.05, 3.63) is 127 Å².